The Hall–Kier alpha value is -0.900. The number of aromatic nitrogens is 1. The molecule has 1 atom stereocenters. The van der Waals surface area contributed by atoms with E-state index in [1.165, 1.54) is 6.20 Å². The van der Waals surface area contributed by atoms with E-state index in [0.29, 0.717) is 20.4 Å². The summed E-state index contributed by atoms with van der Waals surface area (Å²) in [4.78, 5) is 23.5. The summed E-state index contributed by atoms with van der Waals surface area (Å²) in [6.45, 7) is 0. The van der Waals surface area contributed by atoms with Crippen LogP contribution in [-0.2, 0) is 0 Å². The molecule has 20 heavy (non-hydrogen) atoms. The molecule has 0 radical (unpaired) electrons. The number of carboxylic acid groups (broad SMARTS) is 1. The number of carbonyl (C=O) groups is 1. The lowest BCUT2D eigenvalue weighted by molar-refractivity contribution is 0.0695. The smallest absolute Gasteiger partial charge is 0.341 e. The molecule has 0 aliphatic heterocycles. The van der Waals surface area contributed by atoms with E-state index in [0.717, 1.165) is 18.1 Å². The van der Waals surface area contributed by atoms with Gasteiger partial charge in [-0.1, -0.05) is 27.5 Å². The Morgan fingerprint density at radius 3 is 2.70 bits per heavy atom. The van der Waals surface area contributed by atoms with Gasteiger partial charge in [0.15, 0.2) is 0 Å². The Kier molecular flexibility index (Phi) is 3.39. The van der Waals surface area contributed by atoms with E-state index < -0.39 is 11.4 Å². The Labute approximate surface area is 130 Å². The number of hydrogen-bond acceptors (Lipinski definition) is 2. The van der Waals surface area contributed by atoms with Crippen LogP contribution in [0.4, 0.5) is 0 Å². The number of halogens is 2. The maximum atomic E-state index is 12.3. The van der Waals surface area contributed by atoms with Gasteiger partial charge in [-0.25, -0.2) is 4.79 Å². The highest BCUT2D eigenvalue weighted by atomic mass is 79.9. The number of aromatic carboxylic acids is 1. The van der Waals surface area contributed by atoms with Crippen molar-refractivity contribution in [1.82, 2.24) is 4.57 Å². The van der Waals surface area contributed by atoms with Gasteiger partial charge in [-0.3, -0.25) is 4.79 Å². The second-order valence-electron chi connectivity index (χ2n) is 4.80. The first-order valence-electron chi connectivity index (χ1n) is 5.97. The van der Waals surface area contributed by atoms with Crippen molar-refractivity contribution in [2.75, 3.05) is 0 Å². The molecule has 3 rings (SSSR count). The van der Waals surface area contributed by atoms with E-state index in [9.17, 15) is 14.7 Å². The topological polar surface area (TPSA) is 59.3 Å². The molecule has 1 fully saturated rings. The Bertz CT molecular complexity index is 814. The SMILES string of the molecule is O=C(O)c1cn(C2CC2)c2c(Cl)c(P)c(Br)cc2c1=O. The van der Waals surface area contributed by atoms with Crippen molar-refractivity contribution in [3.05, 3.63) is 37.5 Å². The molecular formula is C13H10BrClNO3P. The van der Waals surface area contributed by atoms with E-state index in [1.807, 2.05) is 4.57 Å². The fraction of sp³-hybridized carbons (Fsp3) is 0.231. The van der Waals surface area contributed by atoms with E-state index in [2.05, 4.69) is 25.2 Å². The molecule has 104 valence electrons. The van der Waals surface area contributed by atoms with Gasteiger partial charge in [0, 0.05) is 27.4 Å². The van der Waals surface area contributed by atoms with Crippen molar-refractivity contribution < 1.29 is 9.90 Å². The van der Waals surface area contributed by atoms with Crippen LogP contribution in [0.3, 0.4) is 0 Å². The van der Waals surface area contributed by atoms with E-state index in [4.69, 9.17) is 11.6 Å². The van der Waals surface area contributed by atoms with Crippen LogP contribution in [0.15, 0.2) is 21.5 Å². The standard InChI is InChI=1S/C13H10BrClNO3P/c14-8-3-6-10(9(15)12(8)20)16(5-1-2-5)4-7(11(6)17)13(18)19/h3-5H,1-2,20H2,(H,18,19). The molecular weight excluding hydrogens is 364 g/mol. The second-order valence-corrected chi connectivity index (χ2v) is 6.61. The summed E-state index contributed by atoms with van der Waals surface area (Å²) in [6, 6.07) is 1.86. The van der Waals surface area contributed by atoms with Crippen molar-refractivity contribution >= 4 is 58.9 Å². The zero-order chi connectivity index (χ0) is 14.6. The summed E-state index contributed by atoms with van der Waals surface area (Å²) in [5.41, 5.74) is -0.113. The number of benzene rings is 1. The van der Waals surface area contributed by atoms with Crippen LogP contribution in [0.1, 0.15) is 29.2 Å². The molecule has 1 N–H and O–H groups in total. The lowest BCUT2D eigenvalue weighted by atomic mass is 10.1. The molecule has 1 aromatic carbocycles. The highest BCUT2D eigenvalue weighted by Crippen LogP contribution is 2.39. The summed E-state index contributed by atoms with van der Waals surface area (Å²) in [6.07, 6.45) is 3.35. The molecule has 0 bridgehead atoms. The van der Waals surface area contributed by atoms with Crippen LogP contribution < -0.4 is 10.7 Å². The summed E-state index contributed by atoms with van der Waals surface area (Å²) < 4.78 is 2.49. The molecule has 1 heterocycles. The first kappa shape index (κ1) is 14.1. The number of nitrogens with zero attached hydrogens (tertiary/aromatic N) is 1. The van der Waals surface area contributed by atoms with Gasteiger partial charge < -0.3 is 9.67 Å². The average molecular weight is 375 g/mol. The third kappa shape index (κ3) is 2.09. The molecule has 2 aromatic rings. The molecule has 0 amide bonds. The predicted molar refractivity (Wildman–Crippen MR) is 85.5 cm³/mol. The van der Waals surface area contributed by atoms with Crippen molar-refractivity contribution in [1.29, 1.82) is 0 Å². The van der Waals surface area contributed by atoms with Crippen LogP contribution >= 0.6 is 36.8 Å². The van der Waals surface area contributed by atoms with Gasteiger partial charge in [0.2, 0.25) is 5.43 Å². The predicted octanol–water partition coefficient (Wildman–Crippen LogP) is 2.95. The third-order valence-corrected chi connectivity index (χ3v) is 5.66. The second kappa shape index (κ2) is 4.83. The summed E-state index contributed by atoms with van der Waals surface area (Å²) in [7, 11) is 2.53. The summed E-state index contributed by atoms with van der Waals surface area (Å²) in [5, 5.41) is 10.7. The van der Waals surface area contributed by atoms with Crippen LogP contribution in [0, 0.1) is 0 Å². The number of pyridine rings is 1. The van der Waals surface area contributed by atoms with Crippen molar-refractivity contribution in [2.24, 2.45) is 0 Å². The molecule has 1 aliphatic carbocycles. The van der Waals surface area contributed by atoms with Crippen LogP contribution in [0.5, 0.6) is 0 Å². The average Bonchev–Trinajstić information content (AvgIpc) is 3.21. The minimum Gasteiger partial charge on any atom is -0.477 e. The lowest BCUT2D eigenvalue weighted by Crippen LogP contribution is -2.20. The van der Waals surface area contributed by atoms with Gasteiger partial charge in [-0.15, -0.1) is 9.24 Å². The van der Waals surface area contributed by atoms with Crippen molar-refractivity contribution in [3.63, 3.8) is 0 Å². The van der Waals surface area contributed by atoms with Gasteiger partial charge in [0.25, 0.3) is 0 Å². The molecule has 1 aliphatic rings. The zero-order valence-electron chi connectivity index (χ0n) is 10.2. The molecule has 7 heteroatoms. The summed E-state index contributed by atoms with van der Waals surface area (Å²) in [5.74, 6) is -1.21. The van der Waals surface area contributed by atoms with Gasteiger partial charge >= 0.3 is 5.97 Å². The maximum absolute atomic E-state index is 12.3. The fourth-order valence-corrected chi connectivity index (χ4v) is 3.31. The number of fused-ring (bicyclic) bond motifs is 1. The first-order valence-corrected chi connectivity index (χ1v) is 7.72. The zero-order valence-corrected chi connectivity index (χ0v) is 13.7. The number of carboxylic acids is 1. The molecule has 1 saturated carbocycles. The van der Waals surface area contributed by atoms with Crippen molar-refractivity contribution in [3.8, 4) is 0 Å². The summed E-state index contributed by atoms with van der Waals surface area (Å²) >= 11 is 9.69. The Morgan fingerprint density at radius 2 is 2.15 bits per heavy atom. The molecule has 4 nitrogen and oxygen atoms in total. The highest BCUT2D eigenvalue weighted by Gasteiger charge is 2.28. The first-order chi connectivity index (χ1) is 9.41. The maximum Gasteiger partial charge on any atom is 0.341 e. The Balaban J connectivity index is 2.52. The van der Waals surface area contributed by atoms with Gasteiger partial charge in [0.1, 0.15) is 5.56 Å². The fourth-order valence-electron chi connectivity index (χ4n) is 2.25. The number of rotatable bonds is 2. The third-order valence-electron chi connectivity index (χ3n) is 3.41. The van der Waals surface area contributed by atoms with Gasteiger partial charge in [-0.05, 0) is 18.9 Å². The minimum absolute atomic E-state index is 0.219. The van der Waals surface area contributed by atoms with Crippen LogP contribution in [0.25, 0.3) is 10.9 Å². The quantitative estimate of drug-likeness (QED) is 0.822. The highest BCUT2D eigenvalue weighted by molar-refractivity contribution is 9.10. The van der Waals surface area contributed by atoms with E-state index in [1.54, 1.807) is 6.07 Å². The van der Waals surface area contributed by atoms with Gasteiger partial charge in [0.05, 0.1) is 10.5 Å². The van der Waals surface area contributed by atoms with Crippen LogP contribution in [0.2, 0.25) is 5.02 Å². The molecule has 1 unspecified atom stereocenters. The van der Waals surface area contributed by atoms with Crippen molar-refractivity contribution in [2.45, 2.75) is 18.9 Å². The van der Waals surface area contributed by atoms with E-state index >= 15 is 0 Å². The van der Waals surface area contributed by atoms with Gasteiger partial charge in [-0.2, -0.15) is 0 Å². The monoisotopic (exact) mass is 373 g/mol. The molecule has 0 saturated heterocycles. The Morgan fingerprint density at radius 1 is 1.50 bits per heavy atom. The number of hydrogen-bond donors (Lipinski definition) is 1. The molecule has 0 spiro atoms. The minimum atomic E-state index is -1.21. The largest absolute Gasteiger partial charge is 0.477 e. The van der Waals surface area contributed by atoms with E-state index in [-0.39, 0.29) is 11.6 Å². The normalized spacial score (nSPS) is 14.8. The lowest BCUT2D eigenvalue weighted by Gasteiger charge is -2.15. The molecule has 1 aromatic heterocycles. The van der Waals surface area contributed by atoms with Crippen LogP contribution in [-0.4, -0.2) is 15.6 Å².